The van der Waals surface area contributed by atoms with Gasteiger partial charge in [0, 0.05) is 37.5 Å². The number of nitrogens with zero attached hydrogens (tertiary/aromatic N) is 2. The van der Waals surface area contributed by atoms with Gasteiger partial charge >= 0.3 is 0 Å². The lowest BCUT2D eigenvalue weighted by Crippen LogP contribution is -2.45. The van der Waals surface area contributed by atoms with Gasteiger partial charge in [0.05, 0.1) is 19.3 Å². The van der Waals surface area contributed by atoms with Crippen LogP contribution in [-0.2, 0) is 28.9 Å². The van der Waals surface area contributed by atoms with Gasteiger partial charge in [0.15, 0.2) is 0 Å². The zero-order chi connectivity index (χ0) is 26.9. The predicted octanol–water partition coefficient (Wildman–Crippen LogP) is 5.04. The third-order valence-electron chi connectivity index (χ3n) is 7.02. The van der Waals surface area contributed by atoms with E-state index in [-0.39, 0.29) is 5.91 Å². The fourth-order valence-electron chi connectivity index (χ4n) is 4.93. The summed E-state index contributed by atoms with van der Waals surface area (Å²) >= 11 is 0. The Morgan fingerprint density at radius 3 is 2.62 bits per heavy atom. The van der Waals surface area contributed by atoms with Crippen LogP contribution in [0.3, 0.4) is 0 Å². The Morgan fingerprint density at radius 2 is 1.77 bits per heavy atom. The van der Waals surface area contributed by atoms with Gasteiger partial charge in [0.1, 0.15) is 12.4 Å². The molecule has 5 rings (SSSR count). The zero-order valence-electron chi connectivity index (χ0n) is 22.2. The molecule has 6 heteroatoms. The van der Waals surface area contributed by atoms with Crippen molar-refractivity contribution in [2.45, 2.75) is 31.8 Å². The highest BCUT2D eigenvalue weighted by atomic mass is 16.5. The molecule has 39 heavy (non-hydrogen) atoms. The van der Waals surface area contributed by atoms with Crippen molar-refractivity contribution < 1.29 is 14.3 Å². The smallest absolute Gasteiger partial charge is 0.239 e. The lowest BCUT2D eigenvalue weighted by Gasteiger charge is -2.26. The van der Waals surface area contributed by atoms with E-state index in [9.17, 15) is 4.79 Å². The normalized spacial score (nSPS) is 14.9. The number of carbonyl (C=O) groups excluding carboxylic acids is 1. The second kappa shape index (κ2) is 13.2. The molecule has 0 radical (unpaired) electrons. The minimum absolute atomic E-state index is 0.0465. The minimum Gasteiger partial charge on any atom is -0.491 e. The minimum atomic E-state index is -0.562. The Hall–Kier alpha value is -4.00. The molecule has 0 saturated heterocycles. The van der Waals surface area contributed by atoms with Gasteiger partial charge in [-0.3, -0.25) is 9.78 Å². The third-order valence-corrected chi connectivity index (χ3v) is 7.02. The van der Waals surface area contributed by atoms with Crippen LogP contribution >= 0.6 is 0 Å². The molecular formula is C33H35N3O3. The Balaban J connectivity index is 1.35. The summed E-state index contributed by atoms with van der Waals surface area (Å²) < 4.78 is 12.0. The summed E-state index contributed by atoms with van der Waals surface area (Å²) in [5, 5.41) is 0. The molecule has 4 aromatic rings. The van der Waals surface area contributed by atoms with E-state index in [2.05, 4.69) is 59.6 Å². The highest BCUT2D eigenvalue weighted by molar-refractivity contribution is 5.81. The summed E-state index contributed by atoms with van der Waals surface area (Å²) in [6.45, 7) is 2.27. The average Bonchev–Trinajstić information content (AvgIpc) is 2.98. The van der Waals surface area contributed by atoms with Crippen molar-refractivity contribution in [1.82, 2.24) is 9.88 Å². The van der Waals surface area contributed by atoms with Crippen molar-refractivity contribution in [3.8, 4) is 16.9 Å². The molecule has 1 atom stereocenters. The van der Waals surface area contributed by atoms with Gasteiger partial charge in [-0.05, 0) is 58.9 Å². The molecule has 1 aromatic heterocycles. The molecular weight excluding hydrogens is 486 g/mol. The number of ether oxygens (including phenoxy) is 2. The molecule has 0 fully saturated rings. The van der Waals surface area contributed by atoms with E-state index in [0.717, 1.165) is 40.0 Å². The number of amides is 1. The SMILES string of the molecule is N[C@@H](CCc1ccccc1)C(=O)N1CCOCCOc2ccc(-c3cccnc3)cc2Cc2cccc(c2)C1. The topological polar surface area (TPSA) is 77.7 Å². The van der Waals surface area contributed by atoms with Crippen molar-refractivity contribution in [3.05, 3.63) is 120 Å². The third kappa shape index (κ3) is 7.31. The van der Waals surface area contributed by atoms with Crippen LogP contribution in [0.5, 0.6) is 5.75 Å². The van der Waals surface area contributed by atoms with E-state index >= 15 is 0 Å². The van der Waals surface area contributed by atoms with Gasteiger partial charge < -0.3 is 20.1 Å². The number of hydrogen-bond acceptors (Lipinski definition) is 5. The molecule has 1 aliphatic rings. The fraction of sp³-hybridized carbons (Fsp3) is 0.273. The largest absolute Gasteiger partial charge is 0.491 e. The second-order valence-electron chi connectivity index (χ2n) is 9.91. The van der Waals surface area contributed by atoms with Gasteiger partial charge in [-0.25, -0.2) is 0 Å². The molecule has 0 spiro atoms. The van der Waals surface area contributed by atoms with Crippen molar-refractivity contribution in [2.24, 2.45) is 5.73 Å². The summed E-state index contributed by atoms with van der Waals surface area (Å²) in [7, 11) is 0. The van der Waals surface area contributed by atoms with Crippen LogP contribution in [0.25, 0.3) is 11.1 Å². The highest BCUT2D eigenvalue weighted by Gasteiger charge is 2.22. The standard InChI is InChI=1S/C33H35N3O3/c34-31(13-11-25-6-2-1-3-7-25)33(37)36-16-17-38-18-19-39-32-14-12-28(29-10-5-15-35-23-29)22-30(32)21-26-8-4-9-27(20-26)24-36/h1-10,12,14-15,20,22-23,31H,11,13,16-19,21,24,34H2/t31-/m0/s1. The second-order valence-corrected chi connectivity index (χ2v) is 9.91. The summed E-state index contributed by atoms with van der Waals surface area (Å²) in [5.74, 6) is 0.810. The van der Waals surface area contributed by atoms with E-state index in [0.29, 0.717) is 45.8 Å². The van der Waals surface area contributed by atoms with Crippen LogP contribution in [-0.4, -0.2) is 48.2 Å². The van der Waals surface area contributed by atoms with Gasteiger partial charge in [0.2, 0.25) is 5.91 Å². The number of rotatable bonds is 5. The maximum Gasteiger partial charge on any atom is 0.239 e. The highest BCUT2D eigenvalue weighted by Crippen LogP contribution is 2.29. The average molecular weight is 522 g/mol. The van der Waals surface area contributed by atoms with Crippen molar-refractivity contribution in [1.29, 1.82) is 0 Å². The fourth-order valence-corrected chi connectivity index (χ4v) is 4.93. The Labute approximate surface area is 230 Å². The first-order chi connectivity index (χ1) is 19.2. The summed E-state index contributed by atoms with van der Waals surface area (Å²) in [5.41, 5.74) is 13.1. The summed E-state index contributed by atoms with van der Waals surface area (Å²) in [4.78, 5) is 19.5. The number of aromatic nitrogens is 1. The van der Waals surface area contributed by atoms with Crippen LogP contribution in [0.4, 0.5) is 0 Å². The van der Waals surface area contributed by atoms with Gasteiger partial charge in [-0.15, -0.1) is 0 Å². The Morgan fingerprint density at radius 1 is 0.897 bits per heavy atom. The number of nitrogens with two attached hydrogens (primary N) is 1. The first-order valence-corrected chi connectivity index (χ1v) is 13.6. The maximum absolute atomic E-state index is 13.4. The Kier molecular flexibility index (Phi) is 8.99. The summed E-state index contributed by atoms with van der Waals surface area (Å²) in [6.07, 6.45) is 5.73. The first kappa shape index (κ1) is 26.6. The lowest BCUT2D eigenvalue weighted by atomic mass is 9.98. The number of carbonyl (C=O) groups is 1. The molecule has 1 amide bonds. The number of fused-ring (bicyclic) bond motifs is 3. The number of pyridine rings is 1. The van der Waals surface area contributed by atoms with E-state index in [1.807, 2.05) is 41.4 Å². The van der Waals surface area contributed by atoms with Crippen molar-refractivity contribution >= 4 is 5.91 Å². The van der Waals surface area contributed by atoms with Crippen LogP contribution in [0.15, 0.2) is 97.3 Å². The van der Waals surface area contributed by atoms with E-state index in [1.54, 1.807) is 6.20 Å². The van der Waals surface area contributed by atoms with Gasteiger partial charge in [-0.1, -0.05) is 66.7 Å². The number of benzene rings is 3. The molecule has 1 aliphatic heterocycles. The van der Waals surface area contributed by atoms with Crippen LogP contribution < -0.4 is 10.5 Å². The quantitative estimate of drug-likeness (QED) is 0.398. The predicted molar refractivity (Wildman–Crippen MR) is 153 cm³/mol. The van der Waals surface area contributed by atoms with E-state index in [1.165, 1.54) is 5.56 Å². The molecule has 2 bridgehead atoms. The molecule has 0 unspecified atom stereocenters. The van der Waals surface area contributed by atoms with Crippen molar-refractivity contribution in [3.63, 3.8) is 0 Å². The lowest BCUT2D eigenvalue weighted by molar-refractivity contribution is -0.134. The molecule has 0 saturated carbocycles. The first-order valence-electron chi connectivity index (χ1n) is 13.6. The summed E-state index contributed by atoms with van der Waals surface area (Å²) in [6, 6.07) is 28.3. The van der Waals surface area contributed by atoms with Crippen molar-refractivity contribution in [2.75, 3.05) is 26.4 Å². The van der Waals surface area contributed by atoms with Crippen LogP contribution in [0.1, 0.15) is 28.7 Å². The van der Waals surface area contributed by atoms with Crippen LogP contribution in [0.2, 0.25) is 0 Å². The Bertz CT molecular complexity index is 1360. The molecule has 0 aliphatic carbocycles. The zero-order valence-corrected chi connectivity index (χ0v) is 22.2. The number of hydrogen-bond donors (Lipinski definition) is 1. The molecule has 200 valence electrons. The maximum atomic E-state index is 13.4. The van der Waals surface area contributed by atoms with Gasteiger partial charge in [0.25, 0.3) is 0 Å². The molecule has 2 N–H and O–H groups in total. The molecule has 6 nitrogen and oxygen atoms in total. The molecule has 3 aromatic carbocycles. The number of aryl methyl sites for hydroxylation is 1. The van der Waals surface area contributed by atoms with Gasteiger partial charge in [-0.2, -0.15) is 0 Å². The van der Waals surface area contributed by atoms with E-state index in [4.69, 9.17) is 15.2 Å². The van der Waals surface area contributed by atoms with E-state index < -0.39 is 6.04 Å². The monoisotopic (exact) mass is 521 g/mol. The molecule has 2 heterocycles. The van der Waals surface area contributed by atoms with Crippen LogP contribution in [0, 0.1) is 0 Å².